The summed E-state index contributed by atoms with van der Waals surface area (Å²) in [5, 5.41) is 19.8. The lowest BCUT2D eigenvalue weighted by Gasteiger charge is -2.28. The first kappa shape index (κ1) is 24.8. The van der Waals surface area contributed by atoms with Crippen molar-refractivity contribution in [2.75, 3.05) is 51.9 Å². The van der Waals surface area contributed by atoms with Gasteiger partial charge in [-0.05, 0) is 35.4 Å². The molecule has 1 aliphatic rings. The average molecular weight is 464 g/mol. The van der Waals surface area contributed by atoms with Crippen molar-refractivity contribution in [1.29, 1.82) is 0 Å². The molecule has 3 rings (SSSR count). The van der Waals surface area contributed by atoms with Crippen LogP contribution in [0.1, 0.15) is 25.0 Å². The van der Waals surface area contributed by atoms with Crippen LogP contribution in [-0.2, 0) is 10.2 Å². The minimum atomic E-state index is -0.672. The van der Waals surface area contributed by atoms with Gasteiger partial charge >= 0.3 is 0 Å². The molecule has 0 unspecified atom stereocenters. The van der Waals surface area contributed by atoms with Crippen molar-refractivity contribution in [3.05, 3.63) is 59.7 Å². The van der Waals surface area contributed by atoms with Crippen LogP contribution < -0.4 is 9.47 Å². The number of β-amino-alcohol motifs (C(OH)–C–C–N with tert-alkyl or cyclic N) is 1. The summed E-state index contributed by atoms with van der Waals surface area (Å²) in [6.45, 7) is 8.51. The Labute approximate surface area is 195 Å². The van der Waals surface area contributed by atoms with Crippen molar-refractivity contribution >= 4 is 11.6 Å². The quantitative estimate of drug-likeness (QED) is 0.499. The van der Waals surface area contributed by atoms with E-state index < -0.39 is 12.2 Å². The van der Waals surface area contributed by atoms with Gasteiger partial charge in [-0.25, -0.2) is 0 Å². The Morgan fingerprint density at radius 2 is 1.34 bits per heavy atom. The lowest BCUT2D eigenvalue weighted by atomic mass is 9.78. The Bertz CT molecular complexity index is 806. The molecule has 0 aromatic heterocycles. The number of rotatable bonds is 11. The fourth-order valence-electron chi connectivity index (χ4n) is 3.67. The zero-order valence-electron chi connectivity index (χ0n) is 18.9. The second kappa shape index (κ2) is 11.9. The molecule has 2 N–H and O–H groups in total. The first-order chi connectivity index (χ1) is 15.4. The number of ether oxygens (including phenoxy) is 3. The van der Waals surface area contributed by atoms with E-state index in [0.29, 0.717) is 12.3 Å². The van der Waals surface area contributed by atoms with E-state index in [0.717, 1.165) is 43.2 Å². The minimum absolute atomic E-state index is 0.150. The van der Waals surface area contributed by atoms with Crippen LogP contribution >= 0.6 is 11.6 Å². The van der Waals surface area contributed by atoms with E-state index in [1.54, 1.807) is 0 Å². The maximum absolute atomic E-state index is 10.3. The number of aliphatic hydroxyl groups is 2. The maximum atomic E-state index is 10.3. The van der Waals surface area contributed by atoms with Gasteiger partial charge in [-0.1, -0.05) is 38.1 Å². The third-order valence-electron chi connectivity index (χ3n) is 5.79. The number of hydrogen-bond acceptors (Lipinski definition) is 6. The Morgan fingerprint density at radius 1 is 0.875 bits per heavy atom. The minimum Gasteiger partial charge on any atom is -0.491 e. The predicted molar refractivity (Wildman–Crippen MR) is 126 cm³/mol. The molecule has 2 aromatic carbocycles. The Morgan fingerprint density at radius 3 is 1.81 bits per heavy atom. The molecule has 2 atom stereocenters. The summed E-state index contributed by atoms with van der Waals surface area (Å²) in [5.74, 6) is 1.60. The number of halogens is 1. The lowest BCUT2D eigenvalue weighted by Crippen LogP contribution is -2.42. The van der Waals surface area contributed by atoms with Crippen molar-refractivity contribution < 1.29 is 24.4 Å². The standard InChI is InChI=1S/C25H34ClNO5/c1-25(2,19-3-7-23(8-4-19)31-17-21(28)15-26)20-5-9-24(10-6-20)32-18-22(29)16-27-11-13-30-14-12-27/h3-10,21-22,28-29H,11-18H2,1-2H3/t21-,22-/m0/s1. The topological polar surface area (TPSA) is 71.4 Å². The zero-order valence-corrected chi connectivity index (χ0v) is 19.6. The fourth-order valence-corrected chi connectivity index (χ4v) is 3.76. The number of aliphatic hydroxyl groups excluding tert-OH is 2. The molecule has 1 fully saturated rings. The molecular formula is C25H34ClNO5. The summed E-state index contributed by atoms with van der Waals surface area (Å²) >= 11 is 5.60. The first-order valence-corrected chi connectivity index (χ1v) is 11.6. The summed E-state index contributed by atoms with van der Waals surface area (Å²) in [4.78, 5) is 2.19. The number of hydrogen-bond donors (Lipinski definition) is 2. The van der Waals surface area contributed by atoms with Gasteiger partial charge in [0, 0.05) is 25.0 Å². The van der Waals surface area contributed by atoms with Gasteiger partial charge < -0.3 is 24.4 Å². The summed E-state index contributed by atoms with van der Waals surface area (Å²) in [7, 11) is 0. The van der Waals surface area contributed by atoms with E-state index in [4.69, 9.17) is 25.8 Å². The molecule has 7 heteroatoms. The van der Waals surface area contributed by atoms with Gasteiger partial charge in [0.1, 0.15) is 36.9 Å². The van der Waals surface area contributed by atoms with Crippen LogP contribution in [0, 0.1) is 0 Å². The second-order valence-corrected chi connectivity index (χ2v) is 8.98. The lowest BCUT2D eigenvalue weighted by molar-refractivity contribution is 0.00465. The molecule has 0 amide bonds. The number of morpholine rings is 1. The van der Waals surface area contributed by atoms with Crippen LogP contribution in [0.15, 0.2) is 48.5 Å². The highest BCUT2D eigenvalue weighted by Gasteiger charge is 2.23. The van der Waals surface area contributed by atoms with Crippen LogP contribution in [0.5, 0.6) is 11.5 Å². The molecule has 2 aromatic rings. The molecule has 0 saturated carbocycles. The van der Waals surface area contributed by atoms with Crippen LogP contribution in [-0.4, -0.2) is 79.3 Å². The Kier molecular flexibility index (Phi) is 9.20. The molecule has 0 radical (unpaired) electrons. The third-order valence-corrected chi connectivity index (χ3v) is 6.14. The molecule has 32 heavy (non-hydrogen) atoms. The maximum Gasteiger partial charge on any atom is 0.119 e. The van der Waals surface area contributed by atoms with Crippen LogP contribution in [0.2, 0.25) is 0 Å². The highest BCUT2D eigenvalue weighted by atomic mass is 35.5. The largest absolute Gasteiger partial charge is 0.491 e. The van der Waals surface area contributed by atoms with Gasteiger partial charge in [0.15, 0.2) is 0 Å². The Balaban J connectivity index is 1.53. The van der Waals surface area contributed by atoms with Crippen LogP contribution in [0.3, 0.4) is 0 Å². The molecule has 0 spiro atoms. The fraction of sp³-hybridized carbons (Fsp3) is 0.520. The van der Waals surface area contributed by atoms with E-state index in [2.05, 4.69) is 30.9 Å². The first-order valence-electron chi connectivity index (χ1n) is 11.1. The van der Waals surface area contributed by atoms with Gasteiger partial charge in [0.25, 0.3) is 0 Å². The summed E-state index contributed by atoms with van der Waals surface area (Å²) in [6, 6.07) is 15.9. The van der Waals surface area contributed by atoms with Gasteiger partial charge in [0.2, 0.25) is 0 Å². The van der Waals surface area contributed by atoms with Crippen LogP contribution in [0.25, 0.3) is 0 Å². The monoisotopic (exact) mass is 463 g/mol. The van der Waals surface area contributed by atoms with Crippen molar-refractivity contribution in [3.63, 3.8) is 0 Å². The predicted octanol–water partition coefficient (Wildman–Crippen LogP) is 3.06. The molecule has 6 nitrogen and oxygen atoms in total. The van der Waals surface area contributed by atoms with Gasteiger partial charge in [0.05, 0.1) is 19.1 Å². The molecule has 1 aliphatic heterocycles. The zero-order chi connectivity index (χ0) is 23.0. The molecule has 176 valence electrons. The molecule has 1 saturated heterocycles. The number of nitrogens with zero attached hydrogens (tertiary/aromatic N) is 1. The highest BCUT2D eigenvalue weighted by molar-refractivity contribution is 6.18. The average Bonchev–Trinajstić information content (AvgIpc) is 2.82. The summed E-state index contributed by atoms with van der Waals surface area (Å²) in [5.41, 5.74) is 2.10. The van der Waals surface area contributed by atoms with E-state index >= 15 is 0 Å². The smallest absolute Gasteiger partial charge is 0.119 e. The van der Waals surface area contributed by atoms with E-state index in [-0.39, 0.29) is 24.5 Å². The van der Waals surface area contributed by atoms with Crippen molar-refractivity contribution in [2.24, 2.45) is 0 Å². The van der Waals surface area contributed by atoms with E-state index in [1.807, 2.05) is 36.4 Å². The van der Waals surface area contributed by atoms with Crippen LogP contribution in [0.4, 0.5) is 0 Å². The molecule has 0 aliphatic carbocycles. The molecule has 0 bridgehead atoms. The third kappa shape index (κ3) is 7.09. The van der Waals surface area contributed by atoms with Crippen molar-refractivity contribution in [2.45, 2.75) is 31.5 Å². The van der Waals surface area contributed by atoms with Crippen molar-refractivity contribution in [1.82, 2.24) is 4.90 Å². The van der Waals surface area contributed by atoms with Gasteiger partial charge in [-0.2, -0.15) is 0 Å². The number of benzene rings is 2. The molecular weight excluding hydrogens is 430 g/mol. The van der Waals surface area contributed by atoms with E-state index in [9.17, 15) is 10.2 Å². The van der Waals surface area contributed by atoms with Crippen molar-refractivity contribution in [3.8, 4) is 11.5 Å². The highest BCUT2D eigenvalue weighted by Crippen LogP contribution is 2.33. The van der Waals surface area contributed by atoms with Gasteiger partial charge in [-0.15, -0.1) is 11.6 Å². The SMILES string of the molecule is CC(C)(c1ccc(OC[C@@H](O)CN2CCOCC2)cc1)c1ccc(OC[C@@H](O)CCl)cc1. The van der Waals surface area contributed by atoms with E-state index in [1.165, 1.54) is 0 Å². The second-order valence-electron chi connectivity index (χ2n) is 8.67. The normalized spacial score (nSPS) is 17.0. The Hall–Kier alpha value is -1.83. The molecule has 1 heterocycles. The number of alkyl halides is 1. The van der Waals surface area contributed by atoms with Gasteiger partial charge in [-0.3, -0.25) is 4.90 Å². The summed E-state index contributed by atoms with van der Waals surface area (Å²) in [6.07, 6.45) is -1.20. The summed E-state index contributed by atoms with van der Waals surface area (Å²) < 4.78 is 16.7.